The summed E-state index contributed by atoms with van der Waals surface area (Å²) in [4.78, 5) is 24.4. The van der Waals surface area contributed by atoms with E-state index in [-0.39, 0.29) is 42.0 Å². The summed E-state index contributed by atoms with van der Waals surface area (Å²) in [6, 6.07) is 7.68. The molecule has 2 rings (SSSR count). The molecule has 1 aromatic carbocycles. The molecule has 1 fully saturated rings. The van der Waals surface area contributed by atoms with Crippen LogP contribution in [0.2, 0.25) is 0 Å². The van der Waals surface area contributed by atoms with Crippen molar-refractivity contribution in [2.75, 3.05) is 13.2 Å². The van der Waals surface area contributed by atoms with Crippen molar-refractivity contribution in [3.63, 3.8) is 0 Å². The zero-order valence-electron chi connectivity index (χ0n) is 16.4. The van der Waals surface area contributed by atoms with E-state index in [0.29, 0.717) is 12.1 Å². The van der Waals surface area contributed by atoms with Gasteiger partial charge in [-0.2, -0.15) is 0 Å². The molecular formula is C22H33NO3. The minimum absolute atomic E-state index is 0.00449. The summed E-state index contributed by atoms with van der Waals surface area (Å²) in [6.07, 6.45) is 5.76. The van der Waals surface area contributed by atoms with Crippen molar-refractivity contribution < 1.29 is 14.7 Å². The topological polar surface area (TPSA) is 66.4 Å². The van der Waals surface area contributed by atoms with E-state index < -0.39 is 0 Å². The third kappa shape index (κ3) is 5.66. The highest BCUT2D eigenvalue weighted by molar-refractivity contribution is 5.98. The lowest BCUT2D eigenvalue weighted by Crippen LogP contribution is -2.41. The van der Waals surface area contributed by atoms with E-state index in [1.165, 1.54) is 12.0 Å². The van der Waals surface area contributed by atoms with Gasteiger partial charge in [-0.1, -0.05) is 64.3 Å². The van der Waals surface area contributed by atoms with Crippen LogP contribution in [-0.4, -0.2) is 29.9 Å². The second kappa shape index (κ2) is 8.81. The molecule has 1 aliphatic rings. The minimum Gasteiger partial charge on any atom is -0.396 e. The van der Waals surface area contributed by atoms with E-state index in [1.54, 1.807) is 0 Å². The number of ketones is 1. The summed E-state index contributed by atoms with van der Waals surface area (Å²) < 4.78 is 0. The molecule has 26 heavy (non-hydrogen) atoms. The molecule has 0 aliphatic heterocycles. The quantitative estimate of drug-likeness (QED) is 0.723. The first-order chi connectivity index (χ1) is 12.3. The Hall–Kier alpha value is -1.68. The van der Waals surface area contributed by atoms with E-state index in [1.807, 2.05) is 24.3 Å². The predicted molar refractivity (Wildman–Crippen MR) is 104 cm³/mol. The van der Waals surface area contributed by atoms with Gasteiger partial charge in [-0.25, -0.2) is 0 Å². The van der Waals surface area contributed by atoms with Gasteiger partial charge in [-0.15, -0.1) is 0 Å². The maximum atomic E-state index is 12.3. The molecule has 4 heteroatoms. The molecule has 1 aromatic rings. The van der Waals surface area contributed by atoms with Gasteiger partial charge in [0.1, 0.15) is 0 Å². The fourth-order valence-electron chi connectivity index (χ4n) is 3.59. The second-order valence-corrected chi connectivity index (χ2v) is 8.75. The van der Waals surface area contributed by atoms with Crippen LogP contribution >= 0.6 is 0 Å². The average molecular weight is 360 g/mol. The molecule has 1 aliphatic carbocycles. The van der Waals surface area contributed by atoms with Crippen LogP contribution in [0.4, 0.5) is 0 Å². The number of hydrogen-bond donors (Lipinski definition) is 2. The number of aliphatic hydroxyl groups excluding tert-OH is 1. The Balaban J connectivity index is 1.80. The van der Waals surface area contributed by atoms with E-state index >= 15 is 0 Å². The van der Waals surface area contributed by atoms with Gasteiger partial charge in [0.25, 0.3) is 0 Å². The normalized spacial score (nSPS) is 16.9. The van der Waals surface area contributed by atoms with Crippen LogP contribution in [0.1, 0.15) is 81.6 Å². The van der Waals surface area contributed by atoms with Gasteiger partial charge in [-0.05, 0) is 23.8 Å². The zero-order valence-corrected chi connectivity index (χ0v) is 16.4. The SMILES string of the molecule is CC(C)(C)c1ccc(C(=O)CCC(=O)NCC2(CO)CCCCC2)cc1. The van der Waals surface area contributed by atoms with Gasteiger partial charge in [0.15, 0.2) is 5.78 Å². The molecule has 1 amide bonds. The molecule has 0 aromatic heterocycles. The van der Waals surface area contributed by atoms with Crippen LogP contribution in [0.25, 0.3) is 0 Å². The third-order valence-electron chi connectivity index (χ3n) is 5.56. The Morgan fingerprint density at radius 1 is 1.04 bits per heavy atom. The molecule has 1 saturated carbocycles. The molecule has 0 atom stereocenters. The third-order valence-corrected chi connectivity index (χ3v) is 5.56. The van der Waals surface area contributed by atoms with E-state index in [0.717, 1.165) is 25.7 Å². The summed E-state index contributed by atoms with van der Waals surface area (Å²) in [6.45, 7) is 7.04. The van der Waals surface area contributed by atoms with Crippen molar-refractivity contribution >= 4 is 11.7 Å². The lowest BCUT2D eigenvalue weighted by molar-refractivity contribution is -0.121. The average Bonchev–Trinajstić information content (AvgIpc) is 2.64. The van der Waals surface area contributed by atoms with Gasteiger partial charge >= 0.3 is 0 Å². The van der Waals surface area contributed by atoms with Gasteiger partial charge in [0.05, 0.1) is 6.61 Å². The highest BCUT2D eigenvalue weighted by Gasteiger charge is 2.31. The van der Waals surface area contributed by atoms with E-state index in [2.05, 4.69) is 26.1 Å². The molecule has 0 unspecified atom stereocenters. The summed E-state index contributed by atoms with van der Waals surface area (Å²) in [7, 11) is 0. The summed E-state index contributed by atoms with van der Waals surface area (Å²) in [5.41, 5.74) is 1.74. The largest absolute Gasteiger partial charge is 0.396 e. The molecule has 2 N–H and O–H groups in total. The Morgan fingerprint density at radius 2 is 1.65 bits per heavy atom. The van der Waals surface area contributed by atoms with Crippen LogP contribution in [-0.2, 0) is 10.2 Å². The van der Waals surface area contributed by atoms with Crippen molar-refractivity contribution in [1.29, 1.82) is 0 Å². The Morgan fingerprint density at radius 3 is 2.19 bits per heavy atom. The first-order valence-electron chi connectivity index (χ1n) is 9.77. The van der Waals surface area contributed by atoms with Crippen molar-refractivity contribution in [2.45, 2.75) is 71.1 Å². The Bertz CT molecular complexity index is 607. The number of rotatable bonds is 7. The maximum Gasteiger partial charge on any atom is 0.220 e. The number of amides is 1. The summed E-state index contributed by atoms with van der Waals surface area (Å²) >= 11 is 0. The lowest BCUT2D eigenvalue weighted by Gasteiger charge is -2.35. The Kier molecular flexibility index (Phi) is 6.99. The smallest absolute Gasteiger partial charge is 0.220 e. The van der Waals surface area contributed by atoms with Crippen molar-refractivity contribution in [2.24, 2.45) is 5.41 Å². The van der Waals surface area contributed by atoms with Crippen molar-refractivity contribution in [3.8, 4) is 0 Å². The highest BCUT2D eigenvalue weighted by atomic mass is 16.3. The number of carbonyl (C=O) groups excluding carboxylic acids is 2. The molecule has 0 spiro atoms. The minimum atomic E-state index is -0.166. The van der Waals surface area contributed by atoms with Crippen LogP contribution in [0.15, 0.2) is 24.3 Å². The predicted octanol–water partition coefficient (Wildman–Crippen LogP) is 4.01. The molecule has 0 saturated heterocycles. The maximum absolute atomic E-state index is 12.3. The summed E-state index contributed by atoms with van der Waals surface area (Å²) in [5, 5.41) is 12.6. The summed E-state index contributed by atoms with van der Waals surface area (Å²) in [5.74, 6) is -0.113. The van der Waals surface area contributed by atoms with Crippen LogP contribution in [0, 0.1) is 5.41 Å². The molecule has 0 heterocycles. The van der Waals surface area contributed by atoms with Crippen LogP contribution < -0.4 is 5.32 Å². The first kappa shape index (κ1) is 20.6. The monoisotopic (exact) mass is 359 g/mol. The molecular weight excluding hydrogens is 326 g/mol. The van der Waals surface area contributed by atoms with Crippen molar-refractivity contribution in [1.82, 2.24) is 5.32 Å². The zero-order chi connectivity index (χ0) is 19.2. The van der Waals surface area contributed by atoms with Gasteiger partial charge < -0.3 is 10.4 Å². The lowest BCUT2D eigenvalue weighted by atomic mass is 9.74. The fourth-order valence-corrected chi connectivity index (χ4v) is 3.59. The molecule has 4 nitrogen and oxygen atoms in total. The standard InChI is InChI=1S/C22H33NO3/c1-21(2,3)18-9-7-17(8-10-18)19(25)11-12-20(26)23-15-22(16-24)13-5-4-6-14-22/h7-10,24H,4-6,11-16H2,1-3H3,(H,23,26). The Labute approximate surface area is 157 Å². The number of Topliss-reactive ketones (excluding diaryl/α,β-unsaturated/α-hetero) is 1. The molecule has 0 radical (unpaired) electrons. The van der Waals surface area contributed by atoms with Gasteiger partial charge in [0, 0.05) is 30.4 Å². The van der Waals surface area contributed by atoms with E-state index in [4.69, 9.17) is 0 Å². The first-order valence-corrected chi connectivity index (χ1v) is 9.77. The number of aliphatic hydroxyl groups is 1. The highest BCUT2D eigenvalue weighted by Crippen LogP contribution is 2.35. The van der Waals surface area contributed by atoms with Crippen molar-refractivity contribution in [3.05, 3.63) is 35.4 Å². The number of nitrogens with one attached hydrogen (secondary N) is 1. The number of hydrogen-bond acceptors (Lipinski definition) is 3. The molecule has 144 valence electrons. The number of benzene rings is 1. The fraction of sp³-hybridized carbons (Fsp3) is 0.636. The van der Waals surface area contributed by atoms with Crippen LogP contribution in [0.5, 0.6) is 0 Å². The van der Waals surface area contributed by atoms with Gasteiger partial charge in [0.2, 0.25) is 5.91 Å². The van der Waals surface area contributed by atoms with Gasteiger partial charge in [-0.3, -0.25) is 9.59 Å². The second-order valence-electron chi connectivity index (χ2n) is 8.75. The van der Waals surface area contributed by atoms with E-state index in [9.17, 15) is 14.7 Å². The van der Waals surface area contributed by atoms with Crippen LogP contribution in [0.3, 0.4) is 0 Å². The molecule has 0 bridgehead atoms. The number of carbonyl (C=O) groups is 2.